The van der Waals surface area contributed by atoms with E-state index in [9.17, 15) is 25.8 Å². The number of ketones is 1. The Bertz CT molecular complexity index is 833. The number of hydrogen-bond acceptors (Lipinski definition) is 6. The van der Waals surface area contributed by atoms with Crippen molar-refractivity contribution in [3.8, 4) is 30.0 Å². The fourth-order valence-electron chi connectivity index (χ4n) is 3.82. The average molecular weight is 332 g/mol. The Morgan fingerprint density at radius 1 is 0.920 bits per heavy atom. The quantitative estimate of drug-likeness (QED) is 0.820. The molecule has 0 N–H and O–H groups in total. The molecule has 0 saturated heterocycles. The summed E-state index contributed by atoms with van der Waals surface area (Å²) in [6.07, 6.45) is 0. The molecule has 0 heterocycles. The number of nitrogens with zero attached hydrogens (tertiary/aromatic N) is 4. The van der Waals surface area contributed by atoms with Gasteiger partial charge in [0, 0.05) is 17.8 Å². The number of hydrogen-bond donors (Lipinski definition) is 0. The van der Waals surface area contributed by atoms with E-state index in [1.54, 1.807) is 31.2 Å². The predicted molar refractivity (Wildman–Crippen MR) is 86.4 cm³/mol. The molecular formula is C19H16N4O2. The Morgan fingerprint density at radius 2 is 1.40 bits per heavy atom. The smallest absolute Gasteiger partial charge is 0.185 e. The van der Waals surface area contributed by atoms with Crippen LogP contribution in [0.2, 0.25) is 0 Å². The van der Waals surface area contributed by atoms with Crippen LogP contribution in [0.15, 0.2) is 24.3 Å². The monoisotopic (exact) mass is 332 g/mol. The molecule has 0 radical (unpaired) electrons. The minimum absolute atomic E-state index is 0.301. The Kier molecular flexibility index (Phi) is 4.52. The van der Waals surface area contributed by atoms with Gasteiger partial charge in [-0.3, -0.25) is 4.79 Å². The normalized spacial score (nSPS) is 26.4. The lowest BCUT2D eigenvalue weighted by Gasteiger charge is -2.47. The SMILES string of the molecule is COc1ccc(C2C(C)C(=O)C(C)C(C#N)(C#N)C2(C#N)C#N)cc1. The van der Waals surface area contributed by atoms with Crippen molar-refractivity contribution in [3.05, 3.63) is 29.8 Å². The van der Waals surface area contributed by atoms with E-state index < -0.39 is 28.6 Å². The summed E-state index contributed by atoms with van der Waals surface area (Å²) < 4.78 is 5.11. The summed E-state index contributed by atoms with van der Waals surface area (Å²) in [4.78, 5) is 12.7. The van der Waals surface area contributed by atoms with Gasteiger partial charge in [0.2, 0.25) is 0 Å². The second kappa shape index (κ2) is 6.27. The first-order valence-corrected chi connectivity index (χ1v) is 7.71. The van der Waals surface area contributed by atoms with E-state index in [4.69, 9.17) is 4.74 Å². The number of carbonyl (C=O) groups is 1. The molecule has 1 aliphatic rings. The van der Waals surface area contributed by atoms with Crippen LogP contribution >= 0.6 is 0 Å². The summed E-state index contributed by atoms with van der Waals surface area (Å²) in [5.41, 5.74) is -3.45. The maximum Gasteiger partial charge on any atom is 0.185 e. The van der Waals surface area contributed by atoms with Gasteiger partial charge in [-0.15, -0.1) is 0 Å². The standard InChI is InChI=1S/C19H16N4O2/c1-12-16(14-4-6-15(25-3)7-5-14)19(10-22,11-23)18(8-20,9-21)13(2)17(12)24/h4-7,12-13,16H,1-3H3. The third-order valence-electron chi connectivity index (χ3n) is 5.29. The van der Waals surface area contributed by atoms with Gasteiger partial charge in [0.15, 0.2) is 10.8 Å². The van der Waals surface area contributed by atoms with Crippen molar-refractivity contribution in [2.24, 2.45) is 22.7 Å². The van der Waals surface area contributed by atoms with E-state index in [2.05, 4.69) is 0 Å². The molecule has 6 nitrogen and oxygen atoms in total. The number of methoxy groups -OCH3 is 1. The molecule has 124 valence electrons. The molecule has 6 heteroatoms. The van der Waals surface area contributed by atoms with Crippen LogP contribution in [-0.2, 0) is 4.79 Å². The second-order valence-electron chi connectivity index (χ2n) is 6.23. The van der Waals surface area contributed by atoms with Crippen LogP contribution in [0.5, 0.6) is 5.75 Å². The van der Waals surface area contributed by atoms with Gasteiger partial charge in [-0.2, -0.15) is 21.0 Å². The van der Waals surface area contributed by atoms with E-state index >= 15 is 0 Å². The average Bonchev–Trinajstić information content (AvgIpc) is 2.66. The molecule has 0 amide bonds. The van der Waals surface area contributed by atoms with Gasteiger partial charge in [0.05, 0.1) is 31.4 Å². The summed E-state index contributed by atoms with van der Waals surface area (Å²) in [5.74, 6) is -2.33. The Labute approximate surface area is 146 Å². The Balaban J connectivity index is 2.82. The highest BCUT2D eigenvalue weighted by atomic mass is 16.5. The zero-order valence-electron chi connectivity index (χ0n) is 14.1. The maximum atomic E-state index is 12.7. The van der Waals surface area contributed by atoms with E-state index in [0.717, 1.165) is 0 Å². The van der Waals surface area contributed by atoms with Crippen molar-refractivity contribution < 1.29 is 9.53 Å². The third kappa shape index (κ3) is 2.16. The molecule has 1 aromatic rings. The highest BCUT2D eigenvalue weighted by Crippen LogP contribution is 2.59. The van der Waals surface area contributed by atoms with Crippen molar-refractivity contribution in [3.63, 3.8) is 0 Å². The van der Waals surface area contributed by atoms with Gasteiger partial charge in [-0.05, 0) is 17.7 Å². The molecule has 0 spiro atoms. The van der Waals surface area contributed by atoms with Crippen molar-refractivity contribution in [2.45, 2.75) is 19.8 Å². The first-order valence-electron chi connectivity index (χ1n) is 7.71. The Morgan fingerprint density at radius 3 is 1.80 bits per heavy atom. The zero-order valence-corrected chi connectivity index (χ0v) is 14.1. The van der Waals surface area contributed by atoms with Gasteiger partial charge in [-0.25, -0.2) is 0 Å². The van der Waals surface area contributed by atoms with E-state index in [-0.39, 0.29) is 5.78 Å². The summed E-state index contributed by atoms with van der Waals surface area (Å²) in [6, 6.07) is 14.2. The molecular weight excluding hydrogens is 316 g/mol. The van der Waals surface area contributed by atoms with Crippen molar-refractivity contribution in [1.29, 1.82) is 21.0 Å². The minimum Gasteiger partial charge on any atom is -0.497 e. The summed E-state index contributed by atoms with van der Waals surface area (Å²) in [7, 11) is 1.51. The molecule has 3 unspecified atom stereocenters. The largest absolute Gasteiger partial charge is 0.497 e. The summed E-state index contributed by atoms with van der Waals surface area (Å²) in [6.45, 7) is 3.08. The van der Waals surface area contributed by atoms with Crippen LogP contribution in [0, 0.1) is 68.0 Å². The lowest BCUT2D eigenvalue weighted by molar-refractivity contribution is -0.135. The predicted octanol–water partition coefficient (Wildman–Crippen LogP) is 2.70. The van der Waals surface area contributed by atoms with Crippen LogP contribution in [-0.4, -0.2) is 12.9 Å². The molecule has 25 heavy (non-hydrogen) atoms. The Hall–Kier alpha value is -3.35. The zero-order chi connectivity index (χ0) is 18.8. The maximum absolute atomic E-state index is 12.7. The summed E-state index contributed by atoms with van der Waals surface area (Å²) >= 11 is 0. The molecule has 0 aromatic heterocycles. The second-order valence-corrected chi connectivity index (χ2v) is 6.23. The van der Waals surface area contributed by atoms with Gasteiger partial charge < -0.3 is 4.74 Å². The van der Waals surface area contributed by atoms with Gasteiger partial charge in [-0.1, -0.05) is 26.0 Å². The molecule has 1 aromatic carbocycles. The highest BCUT2D eigenvalue weighted by Gasteiger charge is 2.68. The number of benzene rings is 1. The molecule has 1 aliphatic carbocycles. The van der Waals surface area contributed by atoms with E-state index in [0.29, 0.717) is 11.3 Å². The van der Waals surface area contributed by atoms with Crippen molar-refractivity contribution in [1.82, 2.24) is 0 Å². The van der Waals surface area contributed by atoms with Crippen LogP contribution in [0.3, 0.4) is 0 Å². The van der Waals surface area contributed by atoms with Crippen molar-refractivity contribution in [2.75, 3.05) is 7.11 Å². The fourth-order valence-corrected chi connectivity index (χ4v) is 3.82. The highest BCUT2D eigenvalue weighted by molar-refractivity contribution is 5.88. The lowest BCUT2D eigenvalue weighted by atomic mass is 9.46. The fraction of sp³-hybridized carbons (Fsp3) is 0.421. The number of rotatable bonds is 2. The van der Waals surface area contributed by atoms with Gasteiger partial charge in [0.1, 0.15) is 11.5 Å². The third-order valence-corrected chi connectivity index (χ3v) is 5.29. The first kappa shape index (κ1) is 18.0. The van der Waals surface area contributed by atoms with Crippen LogP contribution in [0.4, 0.5) is 0 Å². The number of nitriles is 4. The minimum atomic E-state index is -2.04. The van der Waals surface area contributed by atoms with E-state index in [1.165, 1.54) is 14.0 Å². The van der Waals surface area contributed by atoms with Crippen molar-refractivity contribution >= 4 is 5.78 Å². The number of carbonyl (C=O) groups excluding carboxylic acids is 1. The number of ether oxygens (including phenoxy) is 1. The number of Topliss-reactive ketones (excluding diaryl/α,β-unsaturated/α-hetero) is 1. The lowest BCUT2D eigenvalue weighted by Crippen LogP contribution is -2.57. The molecule has 0 bridgehead atoms. The molecule has 2 rings (SSSR count). The van der Waals surface area contributed by atoms with Gasteiger partial charge >= 0.3 is 0 Å². The first-order chi connectivity index (χ1) is 11.9. The van der Waals surface area contributed by atoms with Crippen LogP contribution in [0.1, 0.15) is 25.3 Å². The molecule has 1 fully saturated rings. The molecule has 1 saturated carbocycles. The molecule has 3 atom stereocenters. The topological polar surface area (TPSA) is 121 Å². The van der Waals surface area contributed by atoms with Crippen LogP contribution in [0.25, 0.3) is 0 Å². The van der Waals surface area contributed by atoms with Gasteiger partial charge in [0.25, 0.3) is 0 Å². The van der Waals surface area contributed by atoms with E-state index in [1.807, 2.05) is 24.3 Å². The summed E-state index contributed by atoms with van der Waals surface area (Å²) in [5, 5.41) is 39.2. The molecule has 0 aliphatic heterocycles. The van der Waals surface area contributed by atoms with Crippen LogP contribution < -0.4 is 4.74 Å².